The normalized spacial score (nSPS) is 13.3. The van der Waals surface area contributed by atoms with Gasteiger partial charge in [-0.3, -0.25) is 0 Å². The Kier molecular flexibility index (Phi) is 8.63. The van der Waals surface area contributed by atoms with Gasteiger partial charge in [0.1, 0.15) is 17.4 Å². The van der Waals surface area contributed by atoms with E-state index in [4.69, 9.17) is 9.15 Å². The quantitative estimate of drug-likeness (QED) is 0.428. The Balaban J connectivity index is 1.66. The van der Waals surface area contributed by atoms with Crippen molar-refractivity contribution in [1.29, 1.82) is 0 Å². The van der Waals surface area contributed by atoms with Crippen LogP contribution >= 0.6 is 0 Å². The van der Waals surface area contributed by atoms with Crippen LogP contribution < -0.4 is 10.6 Å². The summed E-state index contributed by atoms with van der Waals surface area (Å²) in [6.45, 7) is 5.88. The Morgan fingerprint density at radius 3 is 2.21 bits per heavy atom. The maximum Gasteiger partial charge on any atom is 0.408 e. The third-order valence-corrected chi connectivity index (χ3v) is 4.95. The minimum atomic E-state index is -0.606. The van der Waals surface area contributed by atoms with Crippen molar-refractivity contribution in [3.63, 3.8) is 0 Å². The lowest BCUT2D eigenvalue weighted by Crippen LogP contribution is -2.36. The van der Waals surface area contributed by atoms with Crippen molar-refractivity contribution in [1.82, 2.24) is 15.6 Å². The standard InChI is InChI=1S/C26H33N3O4/c1-26(2,3)33-25(31)29-23(15-20-12-8-5-9-13-20)24-28-17-22(32-24)16-27-21(18-30)14-19-10-6-4-7-11-19/h4-13,17,21,23,27,30H,14-16,18H2,1-3H3,(H,29,31)/t21-,23-/m0/s1. The van der Waals surface area contributed by atoms with Crippen LogP contribution in [0.15, 0.2) is 71.3 Å². The highest BCUT2D eigenvalue weighted by Crippen LogP contribution is 2.20. The fourth-order valence-electron chi connectivity index (χ4n) is 3.41. The third kappa shape index (κ3) is 8.36. The van der Waals surface area contributed by atoms with E-state index in [-0.39, 0.29) is 12.6 Å². The zero-order chi connectivity index (χ0) is 23.7. The van der Waals surface area contributed by atoms with Crippen molar-refractivity contribution < 1.29 is 19.1 Å². The van der Waals surface area contributed by atoms with Crippen molar-refractivity contribution in [2.75, 3.05) is 6.61 Å². The topological polar surface area (TPSA) is 96.6 Å². The van der Waals surface area contributed by atoms with Crippen molar-refractivity contribution in [2.45, 2.75) is 57.8 Å². The van der Waals surface area contributed by atoms with E-state index >= 15 is 0 Å². The highest BCUT2D eigenvalue weighted by Gasteiger charge is 2.24. The largest absolute Gasteiger partial charge is 0.444 e. The second kappa shape index (κ2) is 11.6. The van der Waals surface area contributed by atoms with Crippen LogP contribution in [0.25, 0.3) is 0 Å². The minimum Gasteiger partial charge on any atom is -0.444 e. The Labute approximate surface area is 195 Å². The number of ether oxygens (including phenoxy) is 1. The molecule has 0 fully saturated rings. The zero-order valence-corrected chi connectivity index (χ0v) is 19.5. The summed E-state index contributed by atoms with van der Waals surface area (Å²) in [6.07, 6.45) is 2.34. The van der Waals surface area contributed by atoms with E-state index in [1.54, 1.807) is 6.20 Å². The number of hydrogen-bond acceptors (Lipinski definition) is 6. The van der Waals surface area contributed by atoms with E-state index in [9.17, 15) is 9.90 Å². The molecule has 0 radical (unpaired) electrons. The van der Waals surface area contributed by atoms with E-state index in [2.05, 4.69) is 15.6 Å². The van der Waals surface area contributed by atoms with Gasteiger partial charge in [0.05, 0.1) is 19.3 Å². The number of nitrogens with zero attached hydrogens (tertiary/aromatic N) is 1. The second-order valence-electron chi connectivity index (χ2n) is 9.00. The molecule has 1 amide bonds. The van der Waals surface area contributed by atoms with Crippen LogP contribution in [-0.4, -0.2) is 34.4 Å². The number of benzene rings is 2. The lowest BCUT2D eigenvalue weighted by atomic mass is 10.1. The average Bonchev–Trinajstić information content (AvgIpc) is 3.25. The Morgan fingerprint density at radius 1 is 1.03 bits per heavy atom. The average molecular weight is 452 g/mol. The molecule has 0 spiro atoms. The molecule has 33 heavy (non-hydrogen) atoms. The molecule has 3 aromatic rings. The molecular formula is C26H33N3O4. The maximum atomic E-state index is 12.4. The molecule has 3 rings (SSSR count). The fraction of sp³-hybridized carbons (Fsp3) is 0.385. The first-order chi connectivity index (χ1) is 15.8. The molecule has 3 N–H and O–H groups in total. The first-order valence-electron chi connectivity index (χ1n) is 11.2. The number of carbonyl (C=O) groups is 1. The molecule has 2 atom stereocenters. The van der Waals surface area contributed by atoms with Crippen LogP contribution in [0.3, 0.4) is 0 Å². The van der Waals surface area contributed by atoms with E-state index in [1.165, 1.54) is 0 Å². The lowest BCUT2D eigenvalue weighted by molar-refractivity contribution is 0.0495. The Morgan fingerprint density at radius 2 is 1.64 bits per heavy atom. The number of carbonyl (C=O) groups excluding carboxylic acids is 1. The SMILES string of the molecule is CC(C)(C)OC(=O)N[C@@H](Cc1ccccc1)c1ncc(CN[C@H](CO)Cc2ccccc2)o1. The van der Waals surface area contributed by atoms with Crippen LogP contribution in [0.5, 0.6) is 0 Å². The van der Waals surface area contributed by atoms with Gasteiger partial charge in [-0.2, -0.15) is 0 Å². The number of alkyl carbamates (subject to hydrolysis) is 1. The number of hydrogen-bond donors (Lipinski definition) is 3. The van der Waals surface area contributed by atoms with E-state index in [1.807, 2.05) is 81.4 Å². The summed E-state index contributed by atoms with van der Waals surface area (Å²) < 4.78 is 11.4. The molecule has 2 aromatic carbocycles. The first-order valence-corrected chi connectivity index (χ1v) is 11.2. The van der Waals surface area contributed by atoms with Crippen molar-refractivity contribution >= 4 is 6.09 Å². The van der Waals surface area contributed by atoms with Gasteiger partial charge in [-0.15, -0.1) is 0 Å². The van der Waals surface area contributed by atoms with Gasteiger partial charge in [-0.05, 0) is 38.3 Å². The summed E-state index contributed by atoms with van der Waals surface area (Å²) in [7, 11) is 0. The van der Waals surface area contributed by atoms with Crippen molar-refractivity contribution in [3.8, 4) is 0 Å². The predicted molar refractivity (Wildman–Crippen MR) is 127 cm³/mol. The van der Waals surface area contributed by atoms with Crippen LogP contribution in [-0.2, 0) is 24.1 Å². The van der Waals surface area contributed by atoms with Crippen LogP contribution in [0.4, 0.5) is 4.79 Å². The Hall–Kier alpha value is -3.16. The number of oxazole rings is 1. The van der Waals surface area contributed by atoms with Crippen molar-refractivity contribution in [3.05, 3.63) is 89.6 Å². The number of nitrogens with one attached hydrogen (secondary N) is 2. The van der Waals surface area contributed by atoms with Gasteiger partial charge in [0.25, 0.3) is 0 Å². The van der Waals surface area contributed by atoms with Gasteiger partial charge < -0.3 is 24.9 Å². The molecule has 176 valence electrons. The summed E-state index contributed by atoms with van der Waals surface area (Å²) >= 11 is 0. The van der Waals surface area contributed by atoms with Crippen molar-refractivity contribution in [2.24, 2.45) is 0 Å². The molecule has 0 aliphatic heterocycles. The number of aliphatic hydroxyl groups excluding tert-OH is 1. The smallest absolute Gasteiger partial charge is 0.408 e. The molecule has 0 aliphatic carbocycles. The third-order valence-electron chi connectivity index (χ3n) is 4.95. The summed E-state index contributed by atoms with van der Waals surface area (Å²) in [5.74, 6) is 1.03. The molecule has 0 bridgehead atoms. The summed E-state index contributed by atoms with van der Waals surface area (Å²) in [4.78, 5) is 16.8. The summed E-state index contributed by atoms with van der Waals surface area (Å²) in [5.41, 5.74) is 1.58. The van der Waals surface area contributed by atoms with Crippen LogP contribution in [0.1, 0.15) is 49.6 Å². The number of aliphatic hydroxyl groups is 1. The van der Waals surface area contributed by atoms with Gasteiger partial charge in [-0.1, -0.05) is 60.7 Å². The molecule has 7 heteroatoms. The fourth-order valence-corrected chi connectivity index (χ4v) is 3.41. The highest BCUT2D eigenvalue weighted by atomic mass is 16.6. The zero-order valence-electron chi connectivity index (χ0n) is 19.5. The molecule has 1 heterocycles. The summed E-state index contributed by atoms with van der Waals surface area (Å²) in [5, 5.41) is 15.9. The molecule has 1 aromatic heterocycles. The second-order valence-corrected chi connectivity index (χ2v) is 9.00. The summed E-state index contributed by atoms with van der Waals surface area (Å²) in [6, 6.07) is 19.2. The number of aromatic nitrogens is 1. The molecule has 7 nitrogen and oxygen atoms in total. The molecular weight excluding hydrogens is 418 g/mol. The molecule has 0 saturated carbocycles. The minimum absolute atomic E-state index is 0.00667. The Bertz CT molecular complexity index is 984. The first kappa shape index (κ1) is 24.5. The van der Waals surface area contributed by atoms with Gasteiger partial charge in [0.2, 0.25) is 5.89 Å². The number of amides is 1. The van der Waals surface area contributed by atoms with Gasteiger partial charge in [-0.25, -0.2) is 9.78 Å². The monoisotopic (exact) mass is 451 g/mol. The van der Waals surface area contributed by atoms with Gasteiger partial charge in [0.15, 0.2) is 0 Å². The van der Waals surface area contributed by atoms with E-state index in [0.29, 0.717) is 31.0 Å². The van der Waals surface area contributed by atoms with Crippen LogP contribution in [0.2, 0.25) is 0 Å². The lowest BCUT2D eigenvalue weighted by Gasteiger charge is -2.22. The molecule has 0 unspecified atom stereocenters. The van der Waals surface area contributed by atoms with E-state index in [0.717, 1.165) is 11.1 Å². The van der Waals surface area contributed by atoms with Gasteiger partial charge in [0, 0.05) is 12.5 Å². The van der Waals surface area contributed by atoms with E-state index < -0.39 is 17.7 Å². The molecule has 0 saturated heterocycles. The number of rotatable bonds is 10. The highest BCUT2D eigenvalue weighted by molar-refractivity contribution is 5.68. The van der Waals surface area contributed by atoms with Crippen LogP contribution in [0, 0.1) is 0 Å². The maximum absolute atomic E-state index is 12.4. The molecule has 0 aliphatic rings. The van der Waals surface area contributed by atoms with Gasteiger partial charge >= 0.3 is 6.09 Å². The predicted octanol–water partition coefficient (Wildman–Crippen LogP) is 4.18.